The van der Waals surface area contributed by atoms with Crippen molar-refractivity contribution < 1.29 is 4.39 Å². The first kappa shape index (κ1) is 12.9. The van der Waals surface area contributed by atoms with Crippen molar-refractivity contribution in [2.45, 2.75) is 6.54 Å². The quantitative estimate of drug-likeness (QED) is 0.739. The lowest BCUT2D eigenvalue weighted by atomic mass is 10.2. The van der Waals surface area contributed by atoms with Gasteiger partial charge >= 0.3 is 0 Å². The summed E-state index contributed by atoms with van der Waals surface area (Å²) < 4.78 is 16.1. The lowest BCUT2D eigenvalue weighted by molar-refractivity contribution is 0.585. The monoisotopic (exact) mass is 332 g/mol. The van der Waals surface area contributed by atoms with Crippen molar-refractivity contribution in [3.63, 3.8) is 0 Å². The number of hydrogen-bond donors (Lipinski definition) is 0. The molecule has 1 aromatic carbocycles. The number of nitrogens with zero attached hydrogens (tertiary/aromatic N) is 4. The summed E-state index contributed by atoms with van der Waals surface area (Å²) in [6.07, 6.45) is 3.25. The Bertz CT molecular complexity index is 741. The molecule has 2 heterocycles. The van der Waals surface area contributed by atoms with E-state index in [4.69, 9.17) is 0 Å². The highest BCUT2D eigenvalue weighted by molar-refractivity contribution is 9.10. The van der Waals surface area contributed by atoms with Crippen molar-refractivity contribution in [1.29, 1.82) is 0 Å². The summed E-state index contributed by atoms with van der Waals surface area (Å²) in [6, 6.07) is 10.3. The lowest BCUT2D eigenvalue weighted by Gasteiger charge is -2.02. The Labute approximate surface area is 123 Å². The summed E-state index contributed by atoms with van der Waals surface area (Å²) in [5.74, 6) is 0.271. The highest BCUT2D eigenvalue weighted by Gasteiger charge is 2.08. The predicted molar refractivity (Wildman–Crippen MR) is 76.5 cm³/mol. The molecule has 0 aliphatic carbocycles. The number of aromatic nitrogens is 4. The van der Waals surface area contributed by atoms with E-state index in [2.05, 4.69) is 31.0 Å². The van der Waals surface area contributed by atoms with E-state index >= 15 is 0 Å². The first-order chi connectivity index (χ1) is 9.72. The van der Waals surface area contributed by atoms with E-state index in [1.54, 1.807) is 35.4 Å². The Kier molecular flexibility index (Phi) is 3.56. The average Bonchev–Trinajstić information content (AvgIpc) is 2.90. The molecule has 3 aromatic rings. The second-order valence-electron chi connectivity index (χ2n) is 4.22. The molecule has 0 aliphatic rings. The summed E-state index contributed by atoms with van der Waals surface area (Å²) in [5, 5.41) is 4.31. The summed E-state index contributed by atoms with van der Waals surface area (Å²) in [4.78, 5) is 8.40. The molecule has 2 aromatic heterocycles. The van der Waals surface area contributed by atoms with Crippen LogP contribution in [0.4, 0.5) is 4.39 Å². The van der Waals surface area contributed by atoms with Gasteiger partial charge in [-0.2, -0.15) is 0 Å². The van der Waals surface area contributed by atoms with E-state index in [0.29, 0.717) is 23.6 Å². The molecule has 0 amide bonds. The molecule has 3 rings (SSSR count). The van der Waals surface area contributed by atoms with Crippen LogP contribution < -0.4 is 0 Å². The van der Waals surface area contributed by atoms with Crippen LogP contribution in [0, 0.1) is 5.82 Å². The second kappa shape index (κ2) is 5.50. The SMILES string of the molecule is Fc1ccccc1Cn1cnc(-c2cc(Br)ccn2)n1. The van der Waals surface area contributed by atoms with Gasteiger partial charge in [-0.1, -0.05) is 34.1 Å². The molecule has 0 radical (unpaired) electrons. The van der Waals surface area contributed by atoms with Crippen LogP contribution in [-0.2, 0) is 6.54 Å². The molecule has 0 bridgehead atoms. The van der Waals surface area contributed by atoms with Gasteiger partial charge in [-0.3, -0.25) is 4.98 Å². The molecule has 6 heteroatoms. The van der Waals surface area contributed by atoms with Crippen molar-refractivity contribution in [3.8, 4) is 11.5 Å². The number of hydrogen-bond acceptors (Lipinski definition) is 3. The van der Waals surface area contributed by atoms with Gasteiger partial charge in [0, 0.05) is 16.2 Å². The summed E-state index contributed by atoms with van der Waals surface area (Å²) >= 11 is 3.38. The molecule has 4 nitrogen and oxygen atoms in total. The normalized spacial score (nSPS) is 10.7. The molecule has 0 saturated carbocycles. The van der Waals surface area contributed by atoms with Gasteiger partial charge in [-0.15, -0.1) is 5.10 Å². The molecule has 20 heavy (non-hydrogen) atoms. The topological polar surface area (TPSA) is 43.6 Å². The maximum Gasteiger partial charge on any atom is 0.199 e. The largest absolute Gasteiger partial charge is 0.253 e. The highest BCUT2D eigenvalue weighted by Crippen LogP contribution is 2.17. The van der Waals surface area contributed by atoms with Crippen LogP contribution in [0.2, 0.25) is 0 Å². The van der Waals surface area contributed by atoms with E-state index in [9.17, 15) is 4.39 Å². The molecule has 0 N–H and O–H groups in total. The molecule has 0 fully saturated rings. The molecule has 0 atom stereocenters. The maximum atomic E-state index is 13.6. The van der Waals surface area contributed by atoms with Crippen molar-refractivity contribution in [2.24, 2.45) is 0 Å². The number of benzene rings is 1. The Hall–Kier alpha value is -2.08. The minimum atomic E-state index is -0.245. The van der Waals surface area contributed by atoms with E-state index in [1.165, 1.54) is 6.07 Å². The van der Waals surface area contributed by atoms with Gasteiger partial charge in [0.1, 0.15) is 17.8 Å². The Morgan fingerprint density at radius 1 is 1.15 bits per heavy atom. The minimum absolute atomic E-state index is 0.245. The zero-order valence-corrected chi connectivity index (χ0v) is 12.0. The average molecular weight is 333 g/mol. The third-order valence-corrected chi connectivity index (χ3v) is 3.27. The standard InChI is InChI=1S/C14H10BrFN4/c15-11-5-6-17-13(7-11)14-18-9-20(19-14)8-10-3-1-2-4-12(10)16/h1-7,9H,8H2. The Morgan fingerprint density at radius 3 is 2.80 bits per heavy atom. The maximum absolute atomic E-state index is 13.6. The van der Waals surface area contributed by atoms with Crippen molar-refractivity contribution in [1.82, 2.24) is 19.7 Å². The number of rotatable bonds is 3. The smallest absolute Gasteiger partial charge is 0.199 e. The number of pyridine rings is 1. The third kappa shape index (κ3) is 2.75. The molecule has 0 spiro atoms. The third-order valence-electron chi connectivity index (χ3n) is 2.78. The Morgan fingerprint density at radius 2 is 2.00 bits per heavy atom. The fraction of sp³-hybridized carbons (Fsp3) is 0.0714. The fourth-order valence-electron chi connectivity index (χ4n) is 1.82. The highest BCUT2D eigenvalue weighted by atomic mass is 79.9. The molecule has 100 valence electrons. The predicted octanol–water partition coefficient (Wildman–Crippen LogP) is 3.29. The van der Waals surface area contributed by atoms with Gasteiger partial charge in [-0.25, -0.2) is 14.1 Å². The van der Waals surface area contributed by atoms with Crippen LogP contribution >= 0.6 is 15.9 Å². The van der Waals surface area contributed by atoms with Gasteiger partial charge in [0.05, 0.1) is 6.54 Å². The zero-order chi connectivity index (χ0) is 13.9. The first-order valence-electron chi connectivity index (χ1n) is 5.97. The van der Waals surface area contributed by atoms with Crippen LogP contribution in [0.5, 0.6) is 0 Å². The molecular weight excluding hydrogens is 323 g/mol. The number of halogens is 2. The van der Waals surface area contributed by atoms with Crippen LogP contribution in [0.1, 0.15) is 5.56 Å². The van der Waals surface area contributed by atoms with E-state index < -0.39 is 0 Å². The molecule has 0 aliphatic heterocycles. The second-order valence-corrected chi connectivity index (χ2v) is 5.13. The lowest BCUT2D eigenvalue weighted by Crippen LogP contribution is -2.02. The van der Waals surface area contributed by atoms with Crippen molar-refractivity contribution >= 4 is 15.9 Å². The summed E-state index contributed by atoms with van der Waals surface area (Å²) in [7, 11) is 0. The van der Waals surface area contributed by atoms with E-state index in [1.807, 2.05) is 12.1 Å². The van der Waals surface area contributed by atoms with Gasteiger partial charge < -0.3 is 0 Å². The zero-order valence-electron chi connectivity index (χ0n) is 10.4. The van der Waals surface area contributed by atoms with Gasteiger partial charge in [0.2, 0.25) is 0 Å². The summed E-state index contributed by atoms with van der Waals surface area (Å²) in [5.41, 5.74) is 1.25. The van der Waals surface area contributed by atoms with Crippen LogP contribution in [0.15, 0.2) is 53.4 Å². The van der Waals surface area contributed by atoms with E-state index in [0.717, 1.165) is 4.47 Å². The van der Waals surface area contributed by atoms with E-state index in [-0.39, 0.29) is 5.82 Å². The minimum Gasteiger partial charge on any atom is -0.253 e. The van der Waals surface area contributed by atoms with Gasteiger partial charge in [-0.05, 0) is 18.2 Å². The fourth-order valence-corrected chi connectivity index (χ4v) is 2.15. The molecule has 0 saturated heterocycles. The first-order valence-corrected chi connectivity index (χ1v) is 6.76. The van der Waals surface area contributed by atoms with Gasteiger partial charge in [0.25, 0.3) is 0 Å². The van der Waals surface area contributed by atoms with Crippen molar-refractivity contribution in [3.05, 3.63) is 64.8 Å². The molecule has 0 unspecified atom stereocenters. The molecular formula is C14H10BrFN4. The van der Waals surface area contributed by atoms with Crippen LogP contribution in [0.3, 0.4) is 0 Å². The van der Waals surface area contributed by atoms with Crippen LogP contribution in [-0.4, -0.2) is 19.7 Å². The Balaban J connectivity index is 1.86. The van der Waals surface area contributed by atoms with Crippen LogP contribution in [0.25, 0.3) is 11.5 Å². The van der Waals surface area contributed by atoms with Crippen molar-refractivity contribution in [2.75, 3.05) is 0 Å². The summed E-state index contributed by atoms with van der Waals surface area (Å²) in [6.45, 7) is 0.341. The van der Waals surface area contributed by atoms with Gasteiger partial charge in [0.15, 0.2) is 5.82 Å².